The lowest BCUT2D eigenvalue weighted by Gasteiger charge is -2.21. The Kier molecular flexibility index (Phi) is 6.85. The maximum atomic E-state index is 12.0. The summed E-state index contributed by atoms with van der Waals surface area (Å²) in [6.07, 6.45) is 4.26. The minimum absolute atomic E-state index is 0.278. The van der Waals surface area contributed by atoms with E-state index in [4.69, 9.17) is 9.15 Å². The second-order valence-corrected chi connectivity index (χ2v) is 5.77. The number of unbranched alkanes of at least 4 members (excludes halogenated alkanes) is 2. The molecule has 2 aromatic rings. The second-order valence-electron chi connectivity index (χ2n) is 5.77. The summed E-state index contributed by atoms with van der Waals surface area (Å²) in [6, 6.07) is 9.30. The molecule has 0 amide bonds. The fraction of sp³-hybridized carbons (Fsp3) is 0.474. The summed E-state index contributed by atoms with van der Waals surface area (Å²) in [5, 5.41) is 0. The van der Waals surface area contributed by atoms with Crippen molar-refractivity contribution < 1.29 is 9.15 Å². The zero-order chi connectivity index (χ0) is 17.4. The summed E-state index contributed by atoms with van der Waals surface area (Å²) >= 11 is 0. The predicted molar refractivity (Wildman–Crippen MR) is 96.8 cm³/mol. The van der Waals surface area contributed by atoms with Crippen molar-refractivity contribution in [3.05, 3.63) is 40.7 Å². The van der Waals surface area contributed by atoms with Crippen LogP contribution in [-0.4, -0.2) is 25.2 Å². The highest BCUT2D eigenvalue weighted by molar-refractivity contribution is 5.58. The first-order chi connectivity index (χ1) is 11.7. The second kappa shape index (κ2) is 9.11. The number of hydrogen-bond donors (Lipinski definition) is 0. The van der Waals surface area contributed by atoms with Crippen LogP contribution in [0.5, 0.6) is 5.75 Å². The van der Waals surface area contributed by atoms with E-state index in [0.29, 0.717) is 11.8 Å². The molecule has 0 N–H and O–H groups in total. The highest BCUT2D eigenvalue weighted by Crippen LogP contribution is 2.24. The Bertz CT molecular complexity index is 672. The molecule has 24 heavy (non-hydrogen) atoms. The Balaban J connectivity index is 2.32. The molecule has 1 aromatic carbocycles. The lowest BCUT2D eigenvalue weighted by molar-refractivity contribution is 0.415. The molecule has 1 aromatic heterocycles. The molecule has 0 bridgehead atoms. The molecule has 1 heterocycles. The molecule has 5 heteroatoms. The minimum atomic E-state index is -0.278. The van der Waals surface area contributed by atoms with Crippen molar-refractivity contribution >= 4 is 6.01 Å². The Labute approximate surface area is 143 Å². The van der Waals surface area contributed by atoms with Crippen LogP contribution in [0, 0.1) is 0 Å². The summed E-state index contributed by atoms with van der Waals surface area (Å²) < 4.78 is 11.1. The molecule has 0 unspecified atom stereocenters. The predicted octanol–water partition coefficient (Wildman–Crippen LogP) is 4.12. The monoisotopic (exact) mass is 330 g/mol. The van der Waals surface area contributed by atoms with E-state index in [0.717, 1.165) is 50.1 Å². The van der Waals surface area contributed by atoms with E-state index in [-0.39, 0.29) is 5.56 Å². The van der Waals surface area contributed by atoms with Crippen LogP contribution in [0.2, 0.25) is 0 Å². The van der Waals surface area contributed by atoms with E-state index in [9.17, 15) is 4.79 Å². The Morgan fingerprint density at radius 2 is 1.71 bits per heavy atom. The van der Waals surface area contributed by atoms with Crippen molar-refractivity contribution in [2.75, 3.05) is 25.1 Å². The summed E-state index contributed by atoms with van der Waals surface area (Å²) in [4.78, 5) is 18.2. The third kappa shape index (κ3) is 4.85. The van der Waals surface area contributed by atoms with Gasteiger partial charge in [0.2, 0.25) is 0 Å². The van der Waals surface area contributed by atoms with Gasteiger partial charge in [0.25, 0.3) is 5.56 Å². The van der Waals surface area contributed by atoms with Crippen LogP contribution in [0.1, 0.15) is 39.5 Å². The first-order valence-corrected chi connectivity index (χ1v) is 8.59. The van der Waals surface area contributed by atoms with E-state index in [1.165, 1.54) is 6.07 Å². The van der Waals surface area contributed by atoms with Gasteiger partial charge in [0, 0.05) is 24.7 Å². The zero-order valence-corrected chi connectivity index (χ0v) is 14.7. The van der Waals surface area contributed by atoms with E-state index < -0.39 is 0 Å². The van der Waals surface area contributed by atoms with Crippen LogP contribution < -0.4 is 15.2 Å². The molecule has 130 valence electrons. The Morgan fingerprint density at radius 1 is 1.08 bits per heavy atom. The Hall–Kier alpha value is -2.30. The van der Waals surface area contributed by atoms with E-state index in [1.54, 1.807) is 7.11 Å². The van der Waals surface area contributed by atoms with Crippen LogP contribution in [0.15, 0.2) is 39.5 Å². The van der Waals surface area contributed by atoms with Gasteiger partial charge in [-0.05, 0) is 37.1 Å². The van der Waals surface area contributed by atoms with Gasteiger partial charge in [-0.3, -0.25) is 4.79 Å². The third-order valence-corrected chi connectivity index (χ3v) is 3.87. The van der Waals surface area contributed by atoms with Crippen molar-refractivity contribution in [2.24, 2.45) is 0 Å². The number of hydrogen-bond acceptors (Lipinski definition) is 5. The summed E-state index contributed by atoms with van der Waals surface area (Å²) in [6.45, 7) is 5.99. The molecule has 0 radical (unpaired) electrons. The molecule has 0 aliphatic rings. The fourth-order valence-corrected chi connectivity index (χ4v) is 2.42. The lowest BCUT2D eigenvalue weighted by atomic mass is 10.1. The Morgan fingerprint density at radius 3 is 2.25 bits per heavy atom. The molecule has 2 rings (SSSR count). The smallest absolute Gasteiger partial charge is 0.301 e. The lowest BCUT2D eigenvalue weighted by Crippen LogP contribution is -2.28. The summed E-state index contributed by atoms with van der Waals surface area (Å²) in [5.41, 5.74) is 0.558. The van der Waals surface area contributed by atoms with Gasteiger partial charge >= 0.3 is 6.01 Å². The number of ether oxygens (including phenoxy) is 1. The topological polar surface area (TPSA) is 55.6 Å². The van der Waals surface area contributed by atoms with Gasteiger partial charge in [-0.15, -0.1) is 0 Å². The maximum absolute atomic E-state index is 12.0. The van der Waals surface area contributed by atoms with Gasteiger partial charge in [-0.1, -0.05) is 26.7 Å². The molecular weight excluding hydrogens is 304 g/mol. The van der Waals surface area contributed by atoms with Gasteiger partial charge in [0.05, 0.1) is 7.11 Å². The van der Waals surface area contributed by atoms with Crippen LogP contribution in [0.3, 0.4) is 0 Å². The molecule has 0 spiro atoms. The molecule has 5 nitrogen and oxygen atoms in total. The zero-order valence-electron chi connectivity index (χ0n) is 14.7. The van der Waals surface area contributed by atoms with Crippen molar-refractivity contribution in [3.8, 4) is 17.1 Å². The first kappa shape index (κ1) is 18.0. The third-order valence-electron chi connectivity index (χ3n) is 3.87. The van der Waals surface area contributed by atoms with E-state index >= 15 is 0 Å². The molecular formula is C19H26N2O3. The van der Waals surface area contributed by atoms with Crippen molar-refractivity contribution in [3.63, 3.8) is 0 Å². The van der Waals surface area contributed by atoms with Crippen LogP contribution >= 0.6 is 0 Å². The first-order valence-electron chi connectivity index (χ1n) is 8.59. The number of nitrogens with zero attached hydrogens (tertiary/aromatic N) is 2. The number of anilines is 1. The SMILES string of the molecule is CCCCN(CCCC)c1nc(=O)cc(-c2ccc(OC)cc2)o1. The van der Waals surface area contributed by atoms with Gasteiger partial charge < -0.3 is 14.1 Å². The number of aromatic nitrogens is 1. The number of benzene rings is 1. The molecule has 0 atom stereocenters. The van der Waals surface area contributed by atoms with Gasteiger partial charge in [0.1, 0.15) is 11.5 Å². The van der Waals surface area contributed by atoms with Gasteiger partial charge in [-0.2, -0.15) is 4.98 Å². The summed E-state index contributed by atoms with van der Waals surface area (Å²) in [5.74, 6) is 1.30. The highest BCUT2D eigenvalue weighted by Gasteiger charge is 2.13. The van der Waals surface area contributed by atoms with Crippen molar-refractivity contribution in [1.29, 1.82) is 0 Å². The molecule has 0 fully saturated rings. The highest BCUT2D eigenvalue weighted by atomic mass is 16.5. The molecule has 0 saturated heterocycles. The number of rotatable bonds is 9. The molecule has 0 aliphatic heterocycles. The normalized spacial score (nSPS) is 10.6. The largest absolute Gasteiger partial charge is 0.497 e. The van der Waals surface area contributed by atoms with Crippen LogP contribution in [0.4, 0.5) is 6.01 Å². The fourth-order valence-electron chi connectivity index (χ4n) is 2.42. The van der Waals surface area contributed by atoms with Gasteiger partial charge in [-0.25, -0.2) is 0 Å². The average molecular weight is 330 g/mol. The standard InChI is InChI=1S/C19H26N2O3/c1-4-6-12-21(13-7-5-2)19-20-18(22)14-17(24-19)15-8-10-16(23-3)11-9-15/h8-11,14H,4-7,12-13H2,1-3H3. The average Bonchev–Trinajstić information content (AvgIpc) is 2.61. The minimum Gasteiger partial charge on any atom is -0.497 e. The maximum Gasteiger partial charge on any atom is 0.301 e. The summed E-state index contributed by atoms with van der Waals surface area (Å²) in [7, 11) is 1.62. The molecule has 0 saturated carbocycles. The van der Waals surface area contributed by atoms with Crippen LogP contribution in [-0.2, 0) is 0 Å². The van der Waals surface area contributed by atoms with Crippen molar-refractivity contribution in [2.45, 2.75) is 39.5 Å². The van der Waals surface area contributed by atoms with E-state index in [2.05, 4.69) is 23.7 Å². The van der Waals surface area contributed by atoms with Crippen molar-refractivity contribution in [1.82, 2.24) is 4.98 Å². The van der Waals surface area contributed by atoms with E-state index in [1.807, 2.05) is 24.3 Å². The quantitative estimate of drug-likeness (QED) is 0.692. The van der Waals surface area contributed by atoms with Gasteiger partial charge in [0.15, 0.2) is 0 Å². The molecule has 0 aliphatic carbocycles. The number of methoxy groups -OCH3 is 1. The van der Waals surface area contributed by atoms with Crippen LogP contribution in [0.25, 0.3) is 11.3 Å².